The lowest BCUT2D eigenvalue weighted by molar-refractivity contribution is -0.384. The summed E-state index contributed by atoms with van der Waals surface area (Å²) in [5, 5.41) is 10.5. The molecule has 1 rings (SSSR count). The van der Waals surface area contributed by atoms with Gasteiger partial charge in [-0.25, -0.2) is 0 Å². The molecule has 6 heteroatoms. The molecule has 0 N–H and O–H groups in total. The van der Waals surface area contributed by atoms with Crippen LogP contribution < -0.4 is 0 Å². The molecule has 0 amide bonds. The Bertz CT molecular complexity index is 391. The van der Waals surface area contributed by atoms with Gasteiger partial charge in [-0.2, -0.15) is 0 Å². The van der Waals surface area contributed by atoms with Crippen molar-refractivity contribution in [3.63, 3.8) is 0 Å². The summed E-state index contributed by atoms with van der Waals surface area (Å²) in [5.41, 5.74) is 0.142. The maximum absolute atomic E-state index is 11.5. The highest BCUT2D eigenvalue weighted by Crippen LogP contribution is 2.13. The predicted molar refractivity (Wildman–Crippen MR) is 55.3 cm³/mol. The Morgan fingerprint density at radius 2 is 2.25 bits per heavy atom. The maximum Gasteiger partial charge on any atom is 0.270 e. The van der Waals surface area contributed by atoms with E-state index in [4.69, 9.17) is 4.74 Å². The first kappa shape index (κ1) is 12.3. The zero-order chi connectivity index (χ0) is 12.0. The molecule has 0 atom stereocenters. The van der Waals surface area contributed by atoms with Crippen molar-refractivity contribution >= 4 is 11.5 Å². The van der Waals surface area contributed by atoms with Crippen molar-refractivity contribution in [2.75, 3.05) is 20.5 Å². The second kappa shape index (κ2) is 5.94. The zero-order valence-electron chi connectivity index (χ0n) is 8.71. The molecule has 16 heavy (non-hydrogen) atoms. The molecule has 0 spiro atoms. The molecule has 0 aromatic heterocycles. The number of carbonyl (C=O) groups is 1. The Kier molecular flexibility index (Phi) is 4.56. The number of rotatable bonds is 6. The Morgan fingerprint density at radius 1 is 1.50 bits per heavy atom. The lowest BCUT2D eigenvalue weighted by atomic mass is 10.1. The van der Waals surface area contributed by atoms with Crippen molar-refractivity contribution in [2.24, 2.45) is 0 Å². The van der Waals surface area contributed by atoms with Gasteiger partial charge in [0.15, 0.2) is 5.78 Å². The first-order chi connectivity index (χ1) is 7.65. The van der Waals surface area contributed by atoms with E-state index in [0.29, 0.717) is 0 Å². The van der Waals surface area contributed by atoms with E-state index < -0.39 is 4.92 Å². The molecule has 1 aromatic carbocycles. The highest BCUT2D eigenvalue weighted by Gasteiger charge is 2.11. The molecule has 0 aliphatic carbocycles. The van der Waals surface area contributed by atoms with Crippen molar-refractivity contribution < 1.29 is 19.2 Å². The van der Waals surface area contributed by atoms with Crippen molar-refractivity contribution in [3.05, 3.63) is 39.9 Å². The highest BCUT2D eigenvalue weighted by molar-refractivity contribution is 5.97. The largest absolute Gasteiger partial charge is 0.359 e. The second-order valence-electron chi connectivity index (χ2n) is 2.99. The molecule has 0 fully saturated rings. The molecule has 0 saturated heterocycles. The molecular weight excluding hydrogens is 214 g/mol. The van der Waals surface area contributed by atoms with E-state index in [2.05, 4.69) is 4.74 Å². The van der Waals surface area contributed by atoms with E-state index >= 15 is 0 Å². The smallest absolute Gasteiger partial charge is 0.270 e. The van der Waals surface area contributed by atoms with Crippen molar-refractivity contribution in [2.45, 2.75) is 0 Å². The van der Waals surface area contributed by atoms with E-state index in [0.717, 1.165) is 0 Å². The molecule has 0 saturated carbocycles. The van der Waals surface area contributed by atoms with Crippen LogP contribution in [0.4, 0.5) is 5.69 Å². The molecule has 0 aliphatic rings. The summed E-state index contributed by atoms with van der Waals surface area (Å²) >= 11 is 0. The monoisotopic (exact) mass is 225 g/mol. The van der Waals surface area contributed by atoms with Crippen LogP contribution in [0.2, 0.25) is 0 Å². The number of nitro benzene ring substituents is 1. The molecular formula is C10H11NO5. The van der Waals surface area contributed by atoms with Crippen LogP contribution in [0.15, 0.2) is 24.3 Å². The van der Waals surface area contributed by atoms with E-state index in [-0.39, 0.29) is 30.4 Å². The summed E-state index contributed by atoms with van der Waals surface area (Å²) in [4.78, 5) is 21.4. The van der Waals surface area contributed by atoms with Gasteiger partial charge in [0.25, 0.3) is 5.69 Å². The number of nitro groups is 1. The fourth-order valence-corrected chi connectivity index (χ4v) is 1.09. The highest BCUT2D eigenvalue weighted by atomic mass is 16.7. The quantitative estimate of drug-likeness (QED) is 0.240. The maximum atomic E-state index is 11.5. The molecule has 6 nitrogen and oxygen atoms in total. The molecule has 0 heterocycles. The minimum atomic E-state index is -0.549. The van der Waals surface area contributed by atoms with Gasteiger partial charge in [-0.3, -0.25) is 14.9 Å². The number of ether oxygens (including phenoxy) is 2. The fourth-order valence-electron chi connectivity index (χ4n) is 1.09. The standard InChI is InChI=1S/C10H11NO5/c1-15-7-16-6-10(12)8-3-2-4-9(5-8)11(13)14/h2-5H,6-7H2,1H3. The van der Waals surface area contributed by atoms with E-state index in [1.807, 2.05) is 0 Å². The number of methoxy groups -OCH3 is 1. The zero-order valence-corrected chi connectivity index (χ0v) is 8.71. The van der Waals surface area contributed by atoms with Gasteiger partial charge in [-0.05, 0) is 0 Å². The molecule has 0 unspecified atom stereocenters. The third-order valence-electron chi connectivity index (χ3n) is 1.81. The third-order valence-corrected chi connectivity index (χ3v) is 1.81. The van der Waals surface area contributed by atoms with E-state index in [1.165, 1.54) is 31.4 Å². The molecule has 0 aliphatic heterocycles. The SMILES string of the molecule is COCOCC(=O)c1cccc([N+](=O)[O-])c1. The first-order valence-electron chi connectivity index (χ1n) is 4.49. The van der Waals surface area contributed by atoms with Crippen LogP contribution in [-0.2, 0) is 9.47 Å². The molecule has 0 bridgehead atoms. The number of carbonyl (C=O) groups excluding carboxylic acids is 1. The number of nitrogens with zero attached hydrogens (tertiary/aromatic N) is 1. The second-order valence-corrected chi connectivity index (χ2v) is 2.99. The third kappa shape index (κ3) is 3.41. The van der Waals surface area contributed by atoms with Crippen molar-refractivity contribution in [1.29, 1.82) is 0 Å². The number of hydrogen-bond acceptors (Lipinski definition) is 5. The van der Waals surface area contributed by atoms with Crippen molar-refractivity contribution in [3.8, 4) is 0 Å². The summed E-state index contributed by atoms with van der Waals surface area (Å²) in [7, 11) is 1.44. The van der Waals surface area contributed by atoms with Gasteiger partial charge in [-0.1, -0.05) is 12.1 Å². The van der Waals surface area contributed by atoms with Crippen LogP contribution >= 0.6 is 0 Å². The van der Waals surface area contributed by atoms with Crippen LogP contribution in [0, 0.1) is 10.1 Å². The number of non-ortho nitro benzene ring substituents is 1. The first-order valence-corrected chi connectivity index (χ1v) is 4.49. The van der Waals surface area contributed by atoms with Gasteiger partial charge in [-0.15, -0.1) is 0 Å². The van der Waals surface area contributed by atoms with Gasteiger partial charge in [0, 0.05) is 24.8 Å². The minimum Gasteiger partial charge on any atom is -0.359 e. The Balaban J connectivity index is 2.68. The minimum absolute atomic E-state index is 0.0146. The lowest BCUT2D eigenvalue weighted by Crippen LogP contribution is -2.10. The Hall–Kier alpha value is -1.79. The summed E-state index contributed by atoms with van der Waals surface area (Å²) in [6.07, 6.45) is 0. The number of ketones is 1. The average Bonchev–Trinajstić information content (AvgIpc) is 2.29. The summed E-state index contributed by atoms with van der Waals surface area (Å²) in [5.74, 6) is -0.319. The fraction of sp³-hybridized carbons (Fsp3) is 0.300. The van der Waals surface area contributed by atoms with Crippen LogP contribution in [0.1, 0.15) is 10.4 Å². The van der Waals surface area contributed by atoms with Gasteiger partial charge < -0.3 is 9.47 Å². The van der Waals surface area contributed by atoms with Gasteiger partial charge >= 0.3 is 0 Å². The number of benzene rings is 1. The van der Waals surface area contributed by atoms with Gasteiger partial charge in [0.05, 0.1) is 4.92 Å². The Labute approximate surface area is 91.9 Å². The van der Waals surface area contributed by atoms with E-state index in [9.17, 15) is 14.9 Å². The van der Waals surface area contributed by atoms with Crippen LogP contribution in [0.25, 0.3) is 0 Å². The van der Waals surface area contributed by atoms with E-state index in [1.54, 1.807) is 0 Å². The summed E-state index contributed by atoms with van der Waals surface area (Å²) < 4.78 is 9.47. The molecule has 86 valence electrons. The average molecular weight is 225 g/mol. The number of hydrogen-bond donors (Lipinski definition) is 0. The normalized spacial score (nSPS) is 10.1. The predicted octanol–water partition coefficient (Wildman–Crippen LogP) is 1.40. The molecule has 1 aromatic rings. The molecule has 0 radical (unpaired) electrons. The summed E-state index contributed by atoms with van der Waals surface area (Å²) in [6.45, 7) is -0.143. The number of Topliss-reactive ketones (excluding diaryl/α,β-unsaturated/α-hetero) is 1. The van der Waals surface area contributed by atoms with Crippen LogP contribution in [0.5, 0.6) is 0 Å². The summed E-state index contributed by atoms with van der Waals surface area (Å²) in [6, 6.07) is 5.51. The van der Waals surface area contributed by atoms with Crippen LogP contribution in [0.3, 0.4) is 0 Å². The van der Waals surface area contributed by atoms with Gasteiger partial charge in [0.2, 0.25) is 0 Å². The topological polar surface area (TPSA) is 78.7 Å². The lowest BCUT2D eigenvalue weighted by Gasteiger charge is -2.02. The van der Waals surface area contributed by atoms with Gasteiger partial charge in [0.1, 0.15) is 13.4 Å². The van der Waals surface area contributed by atoms with Crippen molar-refractivity contribution in [1.82, 2.24) is 0 Å². The Morgan fingerprint density at radius 3 is 2.88 bits per heavy atom. The van der Waals surface area contributed by atoms with Crippen LogP contribution in [-0.4, -0.2) is 31.2 Å².